The number of para-hydroxylation sites is 2. The molecule has 5 nitrogen and oxygen atoms in total. The number of rotatable bonds is 3. The molecule has 1 atom stereocenters. The van der Waals surface area contributed by atoms with Gasteiger partial charge in [-0.2, -0.15) is 0 Å². The Morgan fingerprint density at radius 2 is 2.13 bits per heavy atom. The summed E-state index contributed by atoms with van der Waals surface area (Å²) in [4.78, 5) is 16.7. The SMILES string of the molecule is O=C(Cn1cnc2ccccc21)N[C@@H]1COC2(CCCCC2)C1. The first-order valence-electron chi connectivity index (χ1n) is 8.57. The number of nitrogens with zero attached hydrogens (tertiary/aromatic N) is 2. The Kier molecular flexibility index (Phi) is 3.81. The van der Waals surface area contributed by atoms with Crippen LogP contribution >= 0.6 is 0 Å². The second-order valence-corrected chi connectivity index (χ2v) is 6.88. The van der Waals surface area contributed by atoms with Crippen molar-refractivity contribution < 1.29 is 9.53 Å². The molecule has 0 unspecified atom stereocenters. The van der Waals surface area contributed by atoms with E-state index in [9.17, 15) is 4.79 Å². The molecule has 1 saturated carbocycles. The molecule has 0 bridgehead atoms. The number of ether oxygens (including phenoxy) is 1. The quantitative estimate of drug-likeness (QED) is 0.948. The van der Waals surface area contributed by atoms with Crippen LogP contribution in [0.2, 0.25) is 0 Å². The Labute approximate surface area is 136 Å². The zero-order valence-corrected chi connectivity index (χ0v) is 13.3. The fourth-order valence-electron chi connectivity index (χ4n) is 4.05. The Morgan fingerprint density at radius 1 is 1.30 bits per heavy atom. The molecule has 2 heterocycles. The molecular weight excluding hydrogens is 290 g/mol. The number of imidazole rings is 1. The fourth-order valence-corrected chi connectivity index (χ4v) is 4.05. The summed E-state index contributed by atoms with van der Waals surface area (Å²) in [6.07, 6.45) is 8.80. The maximum atomic E-state index is 12.4. The van der Waals surface area contributed by atoms with Gasteiger partial charge in [-0.3, -0.25) is 4.79 Å². The van der Waals surface area contributed by atoms with Crippen molar-refractivity contribution in [1.82, 2.24) is 14.9 Å². The summed E-state index contributed by atoms with van der Waals surface area (Å²) in [5.41, 5.74) is 1.96. The van der Waals surface area contributed by atoms with Gasteiger partial charge in [-0.05, 0) is 31.4 Å². The van der Waals surface area contributed by atoms with Crippen LogP contribution in [0.4, 0.5) is 0 Å². The maximum Gasteiger partial charge on any atom is 0.240 e. The second kappa shape index (κ2) is 5.96. The molecule has 5 heteroatoms. The molecule has 1 spiro atoms. The Bertz CT molecular complexity index is 703. The standard InChI is InChI=1S/C18H23N3O2/c22-17(11-21-13-19-15-6-2-3-7-16(15)21)20-14-10-18(23-12-14)8-4-1-5-9-18/h2-3,6-7,13-14H,1,4-5,8-12H2,(H,20,22)/t14-/m0/s1. The van der Waals surface area contributed by atoms with Crippen LogP contribution in [0.25, 0.3) is 11.0 Å². The van der Waals surface area contributed by atoms with E-state index < -0.39 is 0 Å². The van der Waals surface area contributed by atoms with Gasteiger partial charge < -0.3 is 14.6 Å². The smallest absolute Gasteiger partial charge is 0.240 e. The molecule has 4 rings (SSSR count). The summed E-state index contributed by atoms with van der Waals surface area (Å²) in [5, 5.41) is 3.14. The average molecular weight is 313 g/mol. The van der Waals surface area contributed by atoms with E-state index >= 15 is 0 Å². The van der Waals surface area contributed by atoms with E-state index in [1.165, 1.54) is 19.3 Å². The molecule has 2 fully saturated rings. The normalized spacial score (nSPS) is 23.4. The molecule has 1 saturated heterocycles. The van der Waals surface area contributed by atoms with Crippen LogP contribution in [0, 0.1) is 0 Å². The molecule has 1 aromatic carbocycles. The predicted octanol–water partition coefficient (Wildman–Crippen LogP) is 2.64. The van der Waals surface area contributed by atoms with Crippen molar-refractivity contribution in [2.75, 3.05) is 6.61 Å². The van der Waals surface area contributed by atoms with E-state index in [1.807, 2.05) is 28.8 Å². The highest BCUT2D eigenvalue weighted by Gasteiger charge is 2.41. The minimum Gasteiger partial charge on any atom is -0.373 e. The first kappa shape index (κ1) is 14.7. The maximum absolute atomic E-state index is 12.4. The van der Waals surface area contributed by atoms with Crippen LogP contribution in [0.1, 0.15) is 38.5 Å². The average Bonchev–Trinajstić information content (AvgIpc) is 3.13. The molecule has 1 aromatic heterocycles. The highest BCUT2D eigenvalue weighted by molar-refractivity contribution is 5.80. The minimum atomic E-state index is 0.0367. The van der Waals surface area contributed by atoms with Crippen LogP contribution in [0.5, 0.6) is 0 Å². The zero-order chi connectivity index (χ0) is 15.7. The largest absolute Gasteiger partial charge is 0.373 e. The van der Waals surface area contributed by atoms with Crippen LogP contribution in [-0.4, -0.2) is 33.7 Å². The molecule has 1 amide bonds. The summed E-state index contributed by atoms with van der Waals surface area (Å²) in [7, 11) is 0. The number of hydrogen-bond donors (Lipinski definition) is 1. The highest BCUT2D eigenvalue weighted by Crippen LogP contribution is 2.39. The molecule has 2 aromatic rings. The predicted molar refractivity (Wildman–Crippen MR) is 88.0 cm³/mol. The van der Waals surface area contributed by atoms with Gasteiger partial charge in [0.25, 0.3) is 0 Å². The molecule has 1 aliphatic heterocycles. The van der Waals surface area contributed by atoms with Crippen molar-refractivity contribution in [3.8, 4) is 0 Å². The Morgan fingerprint density at radius 3 is 3.00 bits per heavy atom. The third-order valence-corrected chi connectivity index (χ3v) is 5.18. The van der Waals surface area contributed by atoms with Crippen LogP contribution in [0.3, 0.4) is 0 Å². The number of carbonyl (C=O) groups excluding carboxylic acids is 1. The number of fused-ring (bicyclic) bond motifs is 1. The minimum absolute atomic E-state index is 0.0367. The van der Waals surface area contributed by atoms with Crippen molar-refractivity contribution in [3.63, 3.8) is 0 Å². The molecule has 23 heavy (non-hydrogen) atoms. The summed E-state index contributed by atoms with van der Waals surface area (Å²) < 4.78 is 7.97. The van der Waals surface area contributed by atoms with E-state index in [0.717, 1.165) is 30.3 Å². The number of amides is 1. The summed E-state index contributed by atoms with van der Waals surface area (Å²) in [6.45, 7) is 0.959. The van der Waals surface area contributed by atoms with Crippen molar-refractivity contribution >= 4 is 16.9 Å². The van der Waals surface area contributed by atoms with Crippen molar-refractivity contribution in [2.24, 2.45) is 0 Å². The number of aromatic nitrogens is 2. The van der Waals surface area contributed by atoms with Gasteiger partial charge in [0.1, 0.15) is 6.54 Å². The van der Waals surface area contributed by atoms with Crippen LogP contribution in [-0.2, 0) is 16.1 Å². The van der Waals surface area contributed by atoms with Gasteiger partial charge in [0.2, 0.25) is 5.91 Å². The lowest BCUT2D eigenvalue weighted by Crippen LogP contribution is -2.39. The lowest BCUT2D eigenvalue weighted by molar-refractivity contribution is -0.122. The second-order valence-electron chi connectivity index (χ2n) is 6.88. The zero-order valence-electron chi connectivity index (χ0n) is 13.3. The first-order valence-corrected chi connectivity index (χ1v) is 8.57. The lowest BCUT2D eigenvalue weighted by Gasteiger charge is -2.32. The third kappa shape index (κ3) is 2.98. The van der Waals surface area contributed by atoms with Gasteiger partial charge in [0.05, 0.1) is 35.6 Å². The Balaban J connectivity index is 1.37. The molecule has 1 N–H and O–H groups in total. The fraction of sp³-hybridized carbons (Fsp3) is 0.556. The summed E-state index contributed by atoms with van der Waals surface area (Å²) in [5.74, 6) is 0.0367. The third-order valence-electron chi connectivity index (χ3n) is 5.18. The van der Waals surface area contributed by atoms with E-state index in [-0.39, 0.29) is 17.6 Å². The number of carbonyl (C=O) groups is 1. The van der Waals surface area contributed by atoms with Gasteiger partial charge in [-0.15, -0.1) is 0 Å². The van der Waals surface area contributed by atoms with Crippen molar-refractivity contribution in [2.45, 2.75) is 56.7 Å². The lowest BCUT2D eigenvalue weighted by atomic mass is 9.82. The number of nitrogens with one attached hydrogen (secondary N) is 1. The van der Waals surface area contributed by atoms with Gasteiger partial charge in [0, 0.05) is 0 Å². The van der Waals surface area contributed by atoms with Crippen LogP contribution in [0.15, 0.2) is 30.6 Å². The first-order chi connectivity index (χ1) is 11.2. The van der Waals surface area contributed by atoms with Gasteiger partial charge in [-0.1, -0.05) is 31.4 Å². The summed E-state index contributed by atoms with van der Waals surface area (Å²) in [6, 6.07) is 8.03. The summed E-state index contributed by atoms with van der Waals surface area (Å²) >= 11 is 0. The van der Waals surface area contributed by atoms with Gasteiger partial charge in [-0.25, -0.2) is 4.98 Å². The van der Waals surface area contributed by atoms with E-state index in [0.29, 0.717) is 13.2 Å². The molecular formula is C18H23N3O2. The topological polar surface area (TPSA) is 56.2 Å². The molecule has 0 radical (unpaired) electrons. The highest BCUT2D eigenvalue weighted by atomic mass is 16.5. The van der Waals surface area contributed by atoms with Crippen molar-refractivity contribution in [1.29, 1.82) is 0 Å². The monoisotopic (exact) mass is 313 g/mol. The number of hydrogen-bond acceptors (Lipinski definition) is 3. The van der Waals surface area contributed by atoms with E-state index in [2.05, 4.69) is 10.3 Å². The van der Waals surface area contributed by atoms with Gasteiger partial charge >= 0.3 is 0 Å². The molecule has 122 valence electrons. The van der Waals surface area contributed by atoms with Crippen molar-refractivity contribution in [3.05, 3.63) is 30.6 Å². The van der Waals surface area contributed by atoms with Crippen LogP contribution < -0.4 is 5.32 Å². The van der Waals surface area contributed by atoms with E-state index in [4.69, 9.17) is 4.74 Å². The number of benzene rings is 1. The molecule has 1 aliphatic carbocycles. The van der Waals surface area contributed by atoms with E-state index in [1.54, 1.807) is 6.33 Å². The molecule has 2 aliphatic rings. The Hall–Kier alpha value is -1.88. The van der Waals surface area contributed by atoms with Gasteiger partial charge in [0.15, 0.2) is 0 Å².